The molecule has 0 aliphatic heterocycles. The van der Waals surface area contributed by atoms with Crippen LogP contribution < -0.4 is 13.9 Å². The highest BCUT2D eigenvalue weighted by Gasteiger charge is 2.29. The average molecular weight is 504 g/mol. The number of anilines is 1. The van der Waals surface area contributed by atoms with Crippen molar-refractivity contribution < 1.29 is 14.2 Å². The SMILES string of the molecule is CCP(=S)(Oc1ccccc1)N(SCNC(=O)ON=C(C)SC)c1ccccc1Cl. The van der Waals surface area contributed by atoms with Crippen molar-refractivity contribution in [1.29, 1.82) is 0 Å². The number of thioether (sulfide) groups is 1. The number of rotatable bonds is 9. The number of hydrogen-bond acceptors (Lipinski definition) is 7. The van der Waals surface area contributed by atoms with Gasteiger partial charge in [0, 0.05) is 6.16 Å². The number of benzene rings is 2. The van der Waals surface area contributed by atoms with Crippen molar-refractivity contribution in [1.82, 2.24) is 5.32 Å². The highest BCUT2D eigenvalue weighted by Crippen LogP contribution is 2.57. The largest absolute Gasteiger partial charge is 0.448 e. The van der Waals surface area contributed by atoms with Gasteiger partial charge in [0.05, 0.1) is 16.6 Å². The summed E-state index contributed by atoms with van der Waals surface area (Å²) in [5.41, 5.74) is 0.733. The van der Waals surface area contributed by atoms with Crippen LogP contribution in [0, 0.1) is 0 Å². The molecule has 1 atom stereocenters. The third kappa shape index (κ3) is 7.39. The zero-order valence-electron chi connectivity index (χ0n) is 16.8. The molecular formula is C19H23ClN3O3PS3. The summed E-state index contributed by atoms with van der Waals surface area (Å²) >= 11 is 15.2. The van der Waals surface area contributed by atoms with E-state index in [1.54, 1.807) is 13.0 Å². The lowest BCUT2D eigenvalue weighted by Gasteiger charge is -2.35. The first kappa shape index (κ1) is 24.9. The minimum absolute atomic E-state index is 0.203. The summed E-state index contributed by atoms with van der Waals surface area (Å²) in [6.07, 6.45) is -0.761. The van der Waals surface area contributed by atoms with E-state index in [1.807, 2.05) is 65.8 Å². The monoisotopic (exact) mass is 503 g/mol. The fourth-order valence-electron chi connectivity index (χ4n) is 2.13. The molecule has 1 amide bonds. The molecule has 2 aromatic carbocycles. The maximum atomic E-state index is 11.9. The van der Waals surface area contributed by atoms with Gasteiger partial charge in [-0.15, -0.1) is 11.8 Å². The van der Waals surface area contributed by atoms with Crippen LogP contribution in [0.3, 0.4) is 0 Å². The predicted molar refractivity (Wildman–Crippen MR) is 135 cm³/mol. The van der Waals surface area contributed by atoms with Crippen LogP contribution in [0.1, 0.15) is 13.8 Å². The van der Waals surface area contributed by atoms with Crippen LogP contribution in [0.2, 0.25) is 5.02 Å². The molecule has 30 heavy (non-hydrogen) atoms. The lowest BCUT2D eigenvalue weighted by atomic mass is 10.3. The molecule has 0 bridgehead atoms. The van der Waals surface area contributed by atoms with Crippen molar-refractivity contribution in [2.45, 2.75) is 13.8 Å². The quantitative estimate of drug-likeness (QED) is 0.0788. The molecule has 0 radical (unpaired) electrons. The van der Waals surface area contributed by atoms with E-state index in [2.05, 4.69) is 10.5 Å². The highest BCUT2D eigenvalue weighted by molar-refractivity contribution is 8.21. The van der Waals surface area contributed by atoms with Crippen LogP contribution in [0.15, 0.2) is 59.8 Å². The van der Waals surface area contributed by atoms with Crippen LogP contribution in [-0.2, 0) is 16.6 Å². The lowest BCUT2D eigenvalue weighted by molar-refractivity contribution is 0.153. The number of oxime groups is 1. The van der Waals surface area contributed by atoms with Crippen molar-refractivity contribution >= 4 is 70.4 Å². The van der Waals surface area contributed by atoms with Gasteiger partial charge in [0.15, 0.2) is 0 Å². The van der Waals surface area contributed by atoms with Gasteiger partial charge >= 0.3 is 6.09 Å². The van der Waals surface area contributed by atoms with E-state index in [1.165, 1.54) is 23.7 Å². The second-order valence-electron chi connectivity index (χ2n) is 5.73. The van der Waals surface area contributed by atoms with Crippen LogP contribution >= 0.6 is 41.7 Å². The average Bonchev–Trinajstić information content (AvgIpc) is 2.76. The van der Waals surface area contributed by atoms with E-state index >= 15 is 0 Å². The maximum absolute atomic E-state index is 11.9. The van der Waals surface area contributed by atoms with Crippen molar-refractivity contribution in [3.63, 3.8) is 0 Å². The molecule has 11 heteroatoms. The molecule has 2 rings (SSSR count). The molecule has 0 aliphatic carbocycles. The number of carbonyl (C=O) groups is 1. The molecule has 0 heterocycles. The summed E-state index contributed by atoms with van der Waals surface area (Å²) in [6.45, 7) is 3.74. The molecular weight excluding hydrogens is 481 g/mol. The molecule has 162 valence electrons. The van der Waals surface area contributed by atoms with Gasteiger partial charge in [0.25, 0.3) is 0 Å². The summed E-state index contributed by atoms with van der Waals surface area (Å²) < 4.78 is 8.17. The molecule has 1 N–H and O–H groups in total. The van der Waals surface area contributed by atoms with Crippen LogP contribution in [0.25, 0.3) is 0 Å². The van der Waals surface area contributed by atoms with Gasteiger partial charge in [0.2, 0.25) is 6.42 Å². The number of amides is 1. The van der Waals surface area contributed by atoms with E-state index in [9.17, 15) is 4.79 Å². The summed E-state index contributed by atoms with van der Waals surface area (Å²) in [4.78, 5) is 16.7. The van der Waals surface area contributed by atoms with E-state index in [0.29, 0.717) is 22.0 Å². The Morgan fingerprint density at radius 3 is 2.53 bits per heavy atom. The molecule has 0 fully saturated rings. The normalized spacial score (nSPS) is 13.3. The zero-order chi connectivity index (χ0) is 22.0. The van der Waals surface area contributed by atoms with Crippen molar-refractivity contribution in [2.75, 3.05) is 22.4 Å². The summed E-state index contributed by atoms with van der Waals surface area (Å²) in [6, 6.07) is 16.9. The standard InChI is InChI=1S/C19H23ClN3O3PS3/c1-4-27(28,26-16-10-6-5-7-11-16)23(18-13-9-8-12-17(18)20)30-14-21-19(24)25-22-15(2)29-3/h5-13H,4,14H2,1-3H3,(H,21,24). The van der Waals surface area contributed by atoms with E-state index in [4.69, 9.17) is 32.8 Å². The highest BCUT2D eigenvalue weighted by atomic mass is 35.5. The Labute approximate surface area is 196 Å². The van der Waals surface area contributed by atoms with E-state index in [-0.39, 0.29) is 5.88 Å². The van der Waals surface area contributed by atoms with Gasteiger partial charge < -0.3 is 9.84 Å². The maximum Gasteiger partial charge on any atom is 0.434 e. The topological polar surface area (TPSA) is 63.2 Å². The van der Waals surface area contributed by atoms with E-state index in [0.717, 1.165) is 5.69 Å². The first-order chi connectivity index (χ1) is 14.4. The molecule has 2 aromatic rings. The Morgan fingerprint density at radius 2 is 1.90 bits per heavy atom. The Hall–Kier alpha value is -1.38. The Morgan fingerprint density at radius 1 is 1.23 bits per heavy atom. The van der Waals surface area contributed by atoms with Gasteiger partial charge in [-0.2, -0.15) is 0 Å². The lowest BCUT2D eigenvalue weighted by Crippen LogP contribution is -2.26. The Balaban J connectivity index is 2.19. The minimum Gasteiger partial charge on any atom is -0.448 e. The number of nitrogens with one attached hydrogen (secondary N) is 1. The zero-order valence-corrected chi connectivity index (χ0v) is 20.9. The first-order valence-corrected chi connectivity index (χ1v) is 14.3. The summed E-state index contributed by atoms with van der Waals surface area (Å²) in [5.74, 6) is 0.892. The number of carbonyl (C=O) groups excluding carboxylic acids is 1. The molecule has 0 aliphatic rings. The van der Waals surface area contributed by atoms with Crippen LogP contribution in [-0.4, -0.2) is 29.4 Å². The summed E-state index contributed by atoms with van der Waals surface area (Å²) in [7, 11) is 0. The Kier molecular flexibility index (Phi) is 10.3. The molecule has 6 nitrogen and oxygen atoms in total. The second kappa shape index (κ2) is 12.5. The third-order valence-corrected chi connectivity index (χ3v) is 10.4. The number of nitrogens with zero attached hydrogens (tertiary/aromatic N) is 2. The Bertz CT molecular complexity index is 918. The van der Waals surface area contributed by atoms with Crippen LogP contribution in [0.4, 0.5) is 10.5 Å². The van der Waals surface area contributed by atoms with Crippen molar-refractivity contribution in [2.24, 2.45) is 5.16 Å². The van der Waals surface area contributed by atoms with Gasteiger partial charge in [-0.25, -0.2) is 4.79 Å². The molecule has 0 spiro atoms. The third-order valence-electron chi connectivity index (χ3n) is 3.68. The number of hydrogen-bond donors (Lipinski definition) is 1. The van der Waals surface area contributed by atoms with Gasteiger partial charge in [-0.3, -0.25) is 8.91 Å². The van der Waals surface area contributed by atoms with Gasteiger partial charge in [-0.1, -0.05) is 54.0 Å². The fourth-order valence-corrected chi connectivity index (χ4v) is 6.86. The molecule has 0 aromatic heterocycles. The number of halogens is 1. The van der Waals surface area contributed by atoms with Crippen molar-refractivity contribution in [3.05, 3.63) is 59.6 Å². The second-order valence-corrected chi connectivity index (χ2v) is 12.5. The predicted octanol–water partition coefficient (Wildman–Crippen LogP) is 6.58. The summed E-state index contributed by atoms with van der Waals surface area (Å²) in [5, 5.41) is 7.57. The molecule has 1 unspecified atom stereocenters. The van der Waals surface area contributed by atoms with Gasteiger partial charge in [0.1, 0.15) is 10.8 Å². The molecule has 0 saturated carbocycles. The fraction of sp³-hybridized carbons (Fsp3) is 0.263. The molecule has 0 saturated heterocycles. The number of para-hydroxylation sites is 2. The first-order valence-electron chi connectivity index (χ1n) is 8.94. The van der Waals surface area contributed by atoms with Crippen molar-refractivity contribution in [3.8, 4) is 5.75 Å². The van der Waals surface area contributed by atoms with E-state index < -0.39 is 12.5 Å². The van der Waals surface area contributed by atoms with Gasteiger partial charge in [-0.05, 0) is 61.2 Å². The smallest absolute Gasteiger partial charge is 0.434 e. The minimum atomic E-state index is -2.55. The van der Waals surface area contributed by atoms with Crippen LogP contribution in [0.5, 0.6) is 5.75 Å².